The van der Waals surface area contributed by atoms with Crippen molar-refractivity contribution in [2.45, 2.75) is 56.7 Å². The summed E-state index contributed by atoms with van der Waals surface area (Å²) in [7, 11) is -2.10. The van der Waals surface area contributed by atoms with Gasteiger partial charge in [-0.25, -0.2) is 13.1 Å². The van der Waals surface area contributed by atoms with Crippen LogP contribution in [0.1, 0.15) is 44.8 Å². The molecule has 20 heavy (non-hydrogen) atoms. The molecule has 0 bridgehead atoms. The van der Waals surface area contributed by atoms with E-state index in [4.69, 9.17) is 4.42 Å². The highest BCUT2D eigenvalue weighted by molar-refractivity contribution is 7.89. The van der Waals surface area contributed by atoms with Crippen LogP contribution in [0.4, 0.5) is 0 Å². The molecule has 1 aromatic heterocycles. The van der Waals surface area contributed by atoms with E-state index in [-0.39, 0.29) is 5.09 Å². The Balaban J connectivity index is 1.88. The molecule has 0 radical (unpaired) electrons. The highest BCUT2D eigenvalue weighted by Gasteiger charge is 2.21. The predicted octanol–water partition coefficient (Wildman–Crippen LogP) is 2.25. The molecule has 2 atom stereocenters. The highest BCUT2D eigenvalue weighted by Crippen LogP contribution is 2.26. The summed E-state index contributed by atoms with van der Waals surface area (Å²) >= 11 is 0. The van der Waals surface area contributed by atoms with E-state index in [9.17, 15) is 8.42 Å². The Kier molecular flexibility index (Phi) is 5.23. The van der Waals surface area contributed by atoms with Crippen LogP contribution in [-0.2, 0) is 16.6 Å². The second kappa shape index (κ2) is 6.74. The number of rotatable bonds is 6. The molecule has 2 rings (SSSR count). The van der Waals surface area contributed by atoms with Crippen LogP contribution in [0, 0.1) is 5.92 Å². The quantitative estimate of drug-likeness (QED) is 0.845. The van der Waals surface area contributed by atoms with E-state index in [1.54, 1.807) is 6.07 Å². The summed E-state index contributed by atoms with van der Waals surface area (Å²) in [4.78, 5) is 0. The van der Waals surface area contributed by atoms with Gasteiger partial charge >= 0.3 is 0 Å². The summed E-state index contributed by atoms with van der Waals surface area (Å²) in [6.07, 6.45) is 6.24. The molecule has 0 amide bonds. The molecule has 1 heterocycles. The lowest BCUT2D eigenvalue weighted by atomic mass is 9.84. The van der Waals surface area contributed by atoms with Crippen LogP contribution in [0.15, 0.2) is 21.6 Å². The van der Waals surface area contributed by atoms with Gasteiger partial charge in [0, 0.05) is 6.04 Å². The van der Waals surface area contributed by atoms with Crippen molar-refractivity contribution in [2.24, 2.45) is 5.92 Å². The van der Waals surface area contributed by atoms with Crippen molar-refractivity contribution >= 4 is 10.0 Å². The lowest BCUT2D eigenvalue weighted by Gasteiger charge is -2.28. The molecule has 0 aromatic carbocycles. The molecule has 1 saturated carbocycles. The van der Waals surface area contributed by atoms with Gasteiger partial charge in [0.15, 0.2) is 0 Å². The molecule has 1 aromatic rings. The smallest absolute Gasteiger partial charge is 0.273 e. The lowest BCUT2D eigenvalue weighted by molar-refractivity contribution is 0.271. The van der Waals surface area contributed by atoms with E-state index in [0.29, 0.717) is 18.3 Å². The molecular weight excluding hydrogens is 276 g/mol. The van der Waals surface area contributed by atoms with E-state index >= 15 is 0 Å². The minimum Gasteiger partial charge on any atom is -0.447 e. The van der Waals surface area contributed by atoms with E-state index in [2.05, 4.69) is 17.0 Å². The molecule has 114 valence electrons. The van der Waals surface area contributed by atoms with Gasteiger partial charge in [0.1, 0.15) is 5.76 Å². The first-order valence-electron chi connectivity index (χ1n) is 7.30. The molecule has 2 N–H and O–H groups in total. The summed E-state index contributed by atoms with van der Waals surface area (Å²) in [5.74, 6) is 1.48. The van der Waals surface area contributed by atoms with Crippen LogP contribution in [0.25, 0.3) is 0 Å². The molecule has 1 aliphatic rings. The zero-order valence-electron chi connectivity index (χ0n) is 12.2. The Morgan fingerprint density at radius 1 is 1.35 bits per heavy atom. The number of furan rings is 1. The summed E-state index contributed by atoms with van der Waals surface area (Å²) in [5.41, 5.74) is 0. The molecule has 6 heteroatoms. The fraction of sp³-hybridized carbons (Fsp3) is 0.714. The van der Waals surface area contributed by atoms with Crippen molar-refractivity contribution in [1.82, 2.24) is 10.0 Å². The van der Waals surface area contributed by atoms with E-state index in [1.165, 1.54) is 45.2 Å². The van der Waals surface area contributed by atoms with E-state index in [0.717, 1.165) is 5.92 Å². The Morgan fingerprint density at radius 3 is 2.85 bits per heavy atom. The van der Waals surface area contributed by atoms with Gasteiger partial charge < -0.3 is 9.73 Å². The first-order chi connectivity index (χ1) is 9.55. The average Bonchev–Trinajstić information content (AvgIpc) is 2.95. The molecule has 1 fully saturated rings. The largest absolute Gasteiger partial charge is 0.447 e. The number of nitrogens with one attached hydrogen (secondary N) is 2. The second-order valence-electron chi connectivity index (χ2n) is 5.45. The molecular formula is C14H24N2O3S. The average molecular weight is 300 g/mol. The van der Waals surface area contributed by atoms with E-state index in [1.807, 2.05) is 0 Å². The van der Waals surface area contributed by atoms with Crippen molar-refractivity contribution < 1.29 is 12.8 Å². The van der Waals surface area contributed by atoms with Crippen molar-refractivity contribution in [3.05, 3.63) is 17.9 Å². The van der Waals surface area contributed by atoms with Crippen LogP contribution in [-0.4, -0.2) is 21.5 Å². The Morgan fingerprint density at radius 2 is 2.15 bits per heavy atom. The van der Waals surface area contributed by atoms with Gasteiger partial charge in [0.25, 0.3) is 10.0 Å². The maximum atomic E-state index is 11.6. The van der Waals surface area contributed by atoms with Crippen molar-refractivity contribution in [3.8, 4) is 0 Å². The standard InChI is InChI=1S/C14H24N2O3S/c1-3-11-5-4-6-12(9-11)16-10-13-7-8-14(19-13)20(17,18)15-2/h7-8,11-12,15-16H,3-6,9-10H2,1-2H3. The van der Waals surface area contributed by atoms with E-state index < -0.39 is 10.0 Å². The number of hydrogen-bond acceptors (Lipinski definition) is 4. The zero-order chi connectivity index (χ0) is 14.6. The molecule has 0 spiro atoms. The van der Waals surface area contributed by atoms with Crippen molar-refractivity contribution in [2.75, 3.05) is 7.05 Å². The van der Waals surface area contributed by atoms with Gasteiger partial charge in [-0.05, 0) is 37.9 Å². The normalized spacial score (nSPS) is 23.9. The minimum atomic E-state index is -3.48. The van der Waals surface area contributed by atoms with Crippen LogP contribution in [0.5, 0.6) is 0 Å². The topological polar surface area (TPSA) is 71.3 Å². The van der Waals surface area contributed by atoms with Crippen LogP contribution < -0.4 is 10.0 Å². The third-order valence-corrected chi connectivity index (χ3v) is 5.38. The highest BCUT2D eigenvalue weighted by atomic mass is 32.2. The third-order valence-electron chi connectivity index (χ3n) is 4.10. The number of hydrogen-bond donors (Lipinski definition) is 2. The Bertz CT molecular complexity index is 524. The summed E-state index contributed by atoms with van der Waals surface area (Å²) in [5, 5.41) is 3.45. The third kappa shape index (κ3) is 3.84. The maximum Gasteiger partial charge on any atom is 0.273 e. The van der Waals surface area contributed by atoms with Gasteiger partial charge in [-0.1, -0.05) is 26.2 Å². The predicted molar refractivity (Wildman–Crippen MR) is 77.8 cm³/mol. The Labute approximate surface area is 121 Å². The molecule has 2 unspecified atom stereocenters. The fourth-order valence-electron chi connectivity index (χ4n) is 2.79. The molecule has 0 aliphatic heterocycles. The first kappa shape index (κ1) is 15.5. The Hall–Kier alpha value is -0.850. The monoisotopic (exact) mass is 300 g/mol. The van der Waals surface area contributed by atoms with Gasteiger partial charge in [-0.3, -0.25) is 0 Å². The van der Waals surface area contributed by atoms with Gasteiger partial charge in [-0.15, -0.1) is 0 Å². The van der Waals surface area contributed by atoms with Crippen molar-refractivity contribution in [1.29, 1.82) is 0 Å². The number of sulfonamides is 1. The van der Waals surface area contributed by atoms with Gasteiger partial charge in [-0.2, -0.15) is 0 Å². The summed E-state index contributed by atoms with van der Waals surface area (Å²) in [6.45, 7) is 2.83. The molecule has 1 aliphatic carbocycles. The maximum absolute atomic E-state index is 11.6. The SMILES string of the molecule is CCC1CCCC(NCc2ccc(S(=O)(=O)NC)o2)C1. The second-order valence-corrected chi connectivity index (χ2v) is 7.26. The van der Waals surface area contributed by atoms with Crippen molar-refractivity contribution in [3.63, 3.8) is 0 Å². The molecule has 5 nitrogen and oxygen atoms in total. The zero-order valence-corrected chi connectivity index (χ0v) is 13.0. The van der Waals surface area contributed by atoms with Crippen LogP contribution in [0.3, 0.4) is 0 Å². The summed E-state index contributed by atoms with van der Waals surface area (Å²) < 4.78 is 30.8. The fourth-order valence-corrected chi connectivity index (χ4v) is 3.46. The minimum absolute atomic E-state index is 0.0214. The van der Waals surface area contributed by atoms with Gasteiger partial charge in [0.05, 0.1) is 6.54 Å². The van der Waals surface area contributed by atoms with Crippen LogP contribution >= 0.6 is 0 Å². The lowest BCUT2D eigenvalue weighted by Crippen LogP contribution is -2.33. The van der Waals surface area contributed by atoms with Gasteiger partial charge in [0.2, 0.25) is 5.09 Å². The molecule has 0 saturated heterocycles. The first-order valence-corrected chi connectivity index (χ1v) is 8.79. The summed E-state index contributed by atoms with van der Waals surface area (Å²) in [6, 6.07) is 3.73. The van der Waals surface area contributed by atoms with Crippen LogP contribution in [0.2, 0.25) is 0 Å².